The van der Waals surface area contributed by atoms with Crippen LogP contribution in [0.3, 0.4) is 0 Å². The fraction of sp³-hybridized carbons (Fsp3) is 0.333. The number of carbonyl (C=O) groups is 2. The van der Waals surface area contributed by atoms with Crippen LogP contribution in [-0.4, -0.2) is 38.7 Å². The van der Waals surface area contributed by atoms with Crippen LogP contribution in [0, 0.1) is 13.8 Å². The molecule has 144 valence electrons. The summed E-state index contributed by atoms with van der Waals surface area (Å²) in [7, 11) is 1.62. The van der Waals surface area contributed by atoms with Gasteiger partial charge in [0.15, 0.2) is 6.61 Å². The van der Waals surface area contributed by atoms with Gasteiger partial charge < -0.3 is 20.1 Å². The molecule has 6 nitrogen and oxygen atoms in total. The van der Waals surface area contributed by atoms with Crippen molar-refractivity contribution < 1.29 is 19.1 Å². The molecule has 27 heavy (non-hydrogen) atoms. The second kappa shape index (κ2) is 10.3. The third kappa shape index (κ3) is 6.75. The number of rotatable bonds is 9. The highest BCUT2D eigenvalue weighted by molar-refractivity contribution is 5.97. The summed E-state index contributed by atoms with van der Waals surface area (Å²) in [5.41, 5.74) is 3.16. The van der Waals surface area contributed by atoms with E-state index in [-0.39, 0.29) is 18.4 Å². The van der Waals surface area contributed by atoms with E-state index >= 15 is 0 Å². The third-order valence-corrected chi connectivity index (χ3v) is 3.91. The van der Waals surface area contributed by atoms with E-state index in [1.54, 1.807) is 31.4 Å². The maximum Gasteiger partial charge on any atom is 0.262 e. The molecule has 0 saturated heterocycles. The predicted molar refractivity (Wildman–Crippen MR) is 105 cm³/mol. The normalized spacial score (nSPS) is 10.3. The SMILES string of the molecule is COCCCNC(=O)c1cccc(NC(=O)COc2ccc(C)cc2C)c1. The Morgan fingerprint density at radius 3 is 2.63 bits per heavy atom. The fourth-order valence-electron chi connectivity index (χ4n) is 2.56. The van der Waals surface area contributed by atoms with Crippen molar-refractivity contribution >= 4 is 17.5 Å². The van der Waals surface area contributed by atoms with Gasteiger partial charge in [0, 0.05) is 31.5 Å². The molecule has 0 fully saturated rings. The highest BCUT2D eigenvalue weighted by atomic mass is 16.5. The summed E-state index contributed by atoms with van der Waals surface area (Å²) in [6.45, 7) is 4.97. The third-order valence-electron chi connectivity index (χ3n) is 3.91. The van der Waals surface area contributed by atoms with Crippen molar-refractivity contribution in [2.45, 2.75) is 20.3 Å². The van der Waals surface area contributed by atoms with E-state index in [2.05, 4.69) is 10.6 Å². The minimum atomic E-state index is -0.285. The molecule has 0 aliphatic heterocycles. The number of nitrogens with one attached hydrogen (secondary N) is 2. The summed E-state index contributed by atoms with van der Waals surface area (Å²) in [5, 5.41) is 5.57. The Bertz CT molecular complexity index is 790. The zero-order chi connectivity index (χ0) is 19.6. The maximum absolute atomic E-state index is 12.1. The van der Waals surface area contributed by atoms with Gasteiger partial charge in [-0.25, -0.2) is 0 Å². The molecular weight excluding hydrogens is 344 g/mol. The van der Waals surface area contributed by atoms with Gasteiger partial charge >= 0.3 is 0 Å². The standard InChI is InChI=1S/C21H26N2O4/c1-15-8-9-19(16(2)12-15)27-14-20(24)23-18-7-4-6-17(13-18)21(25)22-10-5-11-26-3/h4,6-9,12-13H,5,10-11,14H2,1-3H3,(H,22,25)(H,23,24). The van der Waals surface area contributed by atoms with E-state index in [0.29, 0.717) is 30.2 Å². The van der Waals surface area contributed by atoms with Crippen molar-refractivity contribution in [3.05, 3.63) is 59.2 Å². The molecule has 2 rings (SSSR count). The molecule has 0 aliphatic rings. The highest BCUT2D eigenvalue weighted by Gasteiger charge is 2.09. The first kappa shape index (κ1) is 20.5. The first-order valence-electron chi connectivity index (χ1n) is 8.86. The lowest BCUT2D eigenvalue weighted by molar-refractivity contribution is -0.118. The van der Waals surface area contributed by atoms with Gasteiger partial charge in [0.05, 0.1) is 0 Å². The lowest BCUT2D eigenvalue weighted by Gasteiger charge is -2.11. The minimum absolute atomic E-state index is 0.0999. The number of methoxy groups -OCH3 is 1. The Morgan fingerprint density at radius 1 is 1.07 bits per heavy atom. The van der Waals surface area contributed by atoms with Gasteiger partial charge in [-0.05, 0) is 50.1 Å². The first-order chi connectivity index (χ1) is 13.0. The van der Waals surface area contributed by atoms with Crippen molar-refractivity contribution in [1.29, 1.82) is 0 Å². The van der Waals surface area contributed by atoms with Crippen molar-refractivity contribution in [3.63, 3.8) is 0 Å². The number of carbonyl (C=O) groups excluding carboxylic acids is 2. The van der Waals surface area contributed by atoms with Gasteiger partial charge in [-0.2, -0.15) is 0 Å². The van der Waals surface area contributed by atoms with Crippen molar-refractivity contribution in [2.75, 3.05) is 32.2 Å². The summed E-state index contributed by atoms with van der Waals surface area (Å²) >= 11 is 0. The largest absolute Gasteiger partial charge is 0.483 e. The zero-order valence-corrected chi connectivity index (χ0v) is 16.0. The van der Waals surface area contributed by atoms with Crippen molar-refractivity contribution in [3.8, 4) is 5.75 Å². The van der Waals surface area contributed by atoms with E-state index in [0.717, 1.165) is 17.5 Å². The van der Waals surface area contributed by atoms with Crippen LogP contribution in [0.15, 0.2) is 42.5 Å². The van der Waals surface area contributed by atoms with Gasteiger partial charge in [-0.15, -0.1) is 0 Å². The number of ether oxygens (including phenoxy) is 2. The minimum Gasteiger partial charge on any atom is -0.483 e. The van der Waals surface area contributed by atoms with Crippen LogP contribution < -0.4 is 15.4 Å². The second-order valence-corrected chi connectivity index (χ2v) is 6.29. The van der Waals surface area contributed by atoms with Gasteiger partial charge in [0.1, 0.15) is 5.75 Å². The fourth-order valence-corrected chi connectivity index (χ4v) is 2.56. The molecule has 0 atom stereocenters. The predicted octanol–water partition coefficient (Wildman–Crippen LogP) is 3.09. The van der Waals surface area contributed by atoms with Crippen LogP contribution in [0.4, 0.5) is 5.69 Å². The molecule has 2 N–H and O–H groups in total. The summed E-state index contributed by atoms with van der Waals surface area (Å²) in [6, 6.07) is 12.6. The summed E-state index contributed by atoms with van der Waals surface area (Å²) in [4.78, 5) is 24.3. The van der Waals surface area contributed by atoms with Gasteiger partial charge in [-0.1, -0.05) is 23.8 Å². The Morgan fingerprint density at radius 2 is 1.89 bits per heavy atom. The lowest BCUT2D eigenvalue weighted by atomic mass is 10.1. The van der Waals surface area contributed by atoms with E-state index in [9.17, 15) is 9.59 Å². The number of hydrogen-bond acceptors (Lipinski definition) is 4. The molecule has 2 amide bonds. The molecule has 0 aliphatic carbocycles. The molecule has 0 saturated carbocycles. The molecule has 0 aromatic heterocycles. The van der Waals surface area contributed by atoms with Crippen LogP contribution in [-0.2, 0) is 9.53 Å². The summed E-state index contributed by atoms with van der Waals surface area (Å²) in [6.07, 6.45) is 0.744. The average molecular weight is 370 g/mol. The highest BCUT2D eigenvalue weighted by Crippen LogP contribution is 2.18. The second-order valence-electron chi connectivity index (χ2n) is 6.29. The Kier molecular flexibility index (Phi) is 7.82. The zero-order valence-electron chi connectivity index (χ0n) is 16.0. The first-order valence-corrected chi connectivity index (χ1v) is 8.86. The smallest absolute Gasteiger partial charge is 0.262 e. The van der Waals surface area contributed by atoms with E-state index < -0.39 is 0 Å². The van der Waals surface area contributed by atoms with E-state index in [1.165, 1.54) is 0 Å². The Balaban J connectivity index is 1.87. The molecule has 0 radical (unpaired) electrons. The van der Waals surface area contributed by atoms with Gasteiger partial charge in [0.2, 0.25) is 0 Å². The number of aryl methyl sites for hydroxylation is 2. The van der Waals surface area contributed by atoms with E-state index in [1.807, 2.05) is 32.0 Å². The van der Waals surface area contributed by atoms with Crippen molar-refractivity contribution in [1.82, 2.24) is 5.32 Å². The molecule has 0 spiro atoms. The molecule has 2 aromatic carbocycles. The van der Waals surface area contributed by atoms with Gasteiger partial charge in [-0.3, -0.25) is 9.59 Å². The summed E-state index contributed by atoms with van der Waals surface area (Å²) < 4.78 is 10.5. The number of hydrogen-bond donors (Lipinski definition) is 2. The molecular formula is C21H26N2O4. The molecule has 6 heteroatoms. The van der Waals surface area contributed by atoms with E-state index in [4.69, 9.17) is 9.47 Å². The molecule has 0 heterocycles. The van der Waals surface area contributed by atoms with Crippen LogP contribution in [0.2, 0.25) is 0 Å². The van der Waals surface area contributed by atoms with Crippen LogP contribution in [0.1, 0.15) is 27.9 Å². The molecule has 0 bridgehead atoms. The quantitative estimate of drug-likeness (QED) is 0.665. The van der Waals surface area contributed by atoms with Crippen molar-refractivity contribution in [2.24, 2.45) is 0 Å². The number of amides is 2. The maximum atomic E-state index is 12.1. The Hall–Kier alpha value is -2.86. The topological polar surface area (TPSA) is 76.7 Å². The summed E-state index contributed by atoms with van der Waals surface area (Å²) in [5.74, 6) is 0.210. The van der Waals surface area contributed by atoms with Crippen LogP contribution in [0.25, 0.3) is 0 Å². The number of anilines is 1. The van der Waals surface area contributed by atoms with Gasteiger partial charge in [0.25, 0.3) is 11.8 Å². The average Bonchev–Trinajstić information content (AvgIpc) is 2.64. The van der Waals surface area contributed by atoms with Crippen LogP contribution >= 0.6 is 0 Å². The molecule has 0 unspecified atom stereocenters. The molecule has 2 aromatic rings. The lowest BCUT2D eigenvalue weighted by Crippen LogP contribution is -2.25. The number of benzene rings is 2. The Labute approximate surface area is 159 Å². The van der Waals surface area contributed by atoms with Crippen LogP contribution in [0.5, 0.6) is 5.75 Å². The monoisotopic (exact) mass is 370 g/mol.